The topological polar surface area (TPSA) is 80.4 Å². The van der Waals surface area contributed by atoms with Crippen LogP contribution in [-0.4, -0.2) is 25.3 Å². The minimum Gasteiger partial charge on any atom is -0.328 e. The molecule has 0 aromatic heterocycles. The molecule has 0 fully saturated rings. The van der Waals surface area contributed by atoms with Crippen molar-refractivity contribution in [3.05, 3.63) is 35.4 Å². The molecule has 0 aliphatic heterocycles. The predicted molar refractivity (Wildman–Crippen MR) is 61.2 cm³/mol. The van der Waals surface area contributed by atoms with Crippen molar-refractivity contribution in [1.82, 2.24) is 0 Å². The van der Waals surface area contributed by atoms with Crippen molar-refractivity contribution in [1.29, 1.82) is 0 Å². The Balaban J connectivity index is 0.000000437. The molecule has 0 saturated carbocycles. The van der Waals surface area contributed by atoms with E-state index in [9.17, 15) is 17.2 Å². The van der Waals surface area contributed by atoms with E-state index in [1.54, 1.807) is 6.92 Å². The van der Waals surface area contributed by atoms with E-state index in [0.717, 1.165) is 12.1 Å². The lowest BCUT2D eigenvalue weighted by molar-refractivity contribution is 0.490. The van der Waals surface area contributed by atoms with Crippen LogP contribution in [0, 0.1) is 11.6 Å². The average molecular weight is 267 g/mol. The summed E-state index contributed by atoms with van der Waals surface area (Å²) in [7, 11) is -3.67. The highest BCUT2D eigenvalue weighted by Crippen LogP contribution is 2.10. The second-order valence-electron chi connectivity index (χ2n) is 3.65. The van der Waals surface area contributed by atoms with Crippen LogP contribution in [0.15, 0.2) is 18.2 Å². The van der Waals surface area contributed by atoms with Crippen LogP contribution in [0.3, 0.4) is 0 Å². The monoisotopic (exact) mass is 267 g/mol. The molecule has 4 nitrogen and oxygen atoms in total. The zero-order valence-corrected chi connectivity index (χ0v) is 10.3. The molecule has 0 bridgehead atoms. The van der Waals surface area contributed by atoms with E-state index in [4.69, 9.17) is 10.3 Å². The maximum absolute atomic E-state index is 12.9. The summed E-state index contributed by atoms with van der Waals surface area (Å²) in [5.74, 6) is -0.819. The lowest BCUT2D eigenvalue weighted by Crippen LogP contribution is -2.18. The van der Waals surface area contributed by atoms with Gasteiger partial charge in [0.1, 0.15) is 11.6 Å². The molecule has 7 heteroatoms. The molecule has 0 heterocycles. The molecule has 0 aliphatic rings. The second kappa shape index (κ2) is 6.63. The summed E-state index contributed by atoms with van der Waals surface area (Å²) in [6.07, 6.45) is 1.08. The van der Waals surface area contributed by atoms with Gasteiger partial charge in [0.25, 0.3) is 10.1 Å². The standard InChI is InChI=1S/C9H11F2N.CH4O3S/c1-6(12)4-7-5-8(10)2-3-9(7)11;1-5(2,3)4/h2-3,5-6H,4,12H2,1H3;1H3,(H,2,3,4). The van der Waals surface area contributed by atoms with Gasteiger partial charge in [-0.25, -0.2) is 8.78 Å². The first-order chi connectivity index (χ1) is 7.59. The normalized spacial score (nSPS) is 12.6. The van der Waals surface area contributed by atoms with Crippen molar-refractivity contribution in [3.8, 4) is 0 Å². The Hall–Kier alpha value is -1.05. The van der Waals surface area contributed by atoms with Gasteiger partial charge >= 0.3 is 0 Å². The lowest BCUT2D eigenvalue weighted by atomic mass is 10.1. The van der Waals surface area contributed by atoms with Crippen molar-refractivity contribution in [2.45, 2.75) is 19.4 Å². The first-order valence-corrected chi connectivity index (χ1v) is 6.56. The summed E-state index contributed by atoms with van der Waals surface area (Å²) >= 11 is 0. The van der Waals surface area contributed by atoms with Gasteiger partial charge in [-0.3, -0.25) is 4.55 Å². The first-order valence-electron chi connectivity index (χ1n) is 4.71. The fraction of sp³-hybridized carbons (Fsp3) is 0.400. The van der Waals surface area contributed by atoms with Crippen LogP contribution in [0.5, 0.6) is 0 Å². The Morgan fingerprint density at radius 3 is 2.29 bits per heavy atom. The van der Waals surface area contributed by atoms with E-state index < -0.39 is 21.8 Å². The SMILES string of the molecule is CC(N)Cc1cc(F)ccc1F.CS(=O)(=O)O. The molecule has 98 valence electrons. The second-order valence-corrected chi connectivity index (χ2v) is 5.12. The van der Waals surface area contributed by atoms with Gasteiger partial charge in [-0.2, -0.15) is 8.42 Å². The van der Waals surface area contributed by atoms with Crippen LogP contribution in [0.25, 0.3) is 0 Å². The Labute approximate surface area is 99.2 Å². The molecule has 0 radical (unpaired) electrons. The summed E-state index contributed by atoms with van der Waals surface area (Å²) in [6, 6.07) is 3.24. The minimum absolute atomic E-state index is 0.152. The van der Waals surface area contributed by atoms with Gasteiger partial charge in [0, 0.05) is 6.04 Å². The number of hydrogen-bond acceptors (Lipinski definition) is 3. The Kier molecular flexibility index (Phi) is 6.22. The number of rotatable bonds is 2. The lowest BCUT2D eigenvalue weighted by Gasteiger charge is -2.05. The van der Waals surface area contributed by atoms with E-state index in [1.165, 1.54) is 6.07 Å². The van der Waals surface area contributed by atoms with Crippen molar-refractivity contribution < 1.29 is 21.8 Å². The van der Waals surface area contributed by atoms with E-state index in [2.05, 4.69) is 0 Å². The summed E-state index contributed by atoms with van der Waals surface area (Å²) < 4.78 is 51.4. The smallest absolute Gasteiger partial charge is 0.261 e. The molecule has 0 saturated heterocycles. The number of benzene rings is 1. The van der Waals surface area contributed by atoms with Gasteiger partial charge in [0.2, 0.25) is 0 Å². The maximum Gasteiger partial charge on any atom is 0.261 e. The van der Waals surface area contributed by atoms with Crippen molar-refractivity contribution in [2.24, 2.45) is 5.73 Å². The highest BCUT2D eigenvalue weighted by molar-refractivity contribution is 7.85. The highest BCUT2D eigenvalue weighted by atomic mass is 32.2. The molecule has 0 spiro atoms. The van der Waals surface area contributed by atoms with Gasteiger partial charge in [-0.15, -0.1) is 0 Å². The largest absolute Gasteiger partial charge is 0.328 e. The van der Waals surface area contributed by atoms with Crippen molar-refractivity contribution in [3.63, 3.8) is 0 Å². The molecule has 1 rings (SSSR count). The molecule has 17 heavy (non-hydrogen) atoms. The van der Waals surface area contributed by atoms with Crippen LogP contribution in [0.1, 0.15) is 12.5 Å². The summed E-state index contributed by atoms with van der Waals surface area (Å²) in [5, 5.41) is 0. The van der Waals surface area contributed by atoms with Crippen LogP contribution in [0.2, 0.25) is 0 Å². The molecular weight excluding hydrogens is 252 g/mol. The Bertz CT molecular complexity index is 453. The fourth-order valence-electron chi connectivity index (χ4n) is 1.05. The molecule has 0 amide bonds. The molecule has 1 aromatic carbocycles. The third-order valence-electron chi connectivity index (χ3n) is 1.55. The fourth-order valence-corrected chi connectivity index (χ4v) is 1.05. The van der Waals surface area contributed by atoms with Crippen molar-refractivity contribution in [2.75, 3.05) is 6.26 Å². The third-order valence-corrected chi connectivity index (χ3v) is 1.55. The van der Waals surface area contributed by atoms with Gasteiger partial charge in [0.15, 0.2) is 0 Å². The summed E-state index contributed by atoms with van der Waals surface area (Å²) in [5.41, 5.74) is 5.79. The Morgan fingerprint density at radius 1 is 1.41 bits per heavy atom. The highest BCUT2D eigenvalue weighted by Gasteiger charge is 2.05. The van der Waals surface area contributed by atoms with Gasteiger partial charge in [0.05, 0.1) is 6.26 Å². The molecule has 1 aromatic rings. The van der Waals surface area contributed by atoms with Crippen LogP contribution in [0.4, 0.5) is 8.78 Å². The maximum atomic E-state index is 12.9. The van der Waals surface area contributed by atoms with Gasteiger partial charge in [-0.1, -0.05) is 0 Å². The van der Waals surface area contributed by atoms with E-state index in [-0.39, 0.29) is 6.04 Å². The molecule has 1 unspecified atom stereocenters. The number of nitrogens with two attached hydrogens (primary N) is 1. The molecular formula is C10H15F2NO3S. The Morgan fingerprint density at radius 2 is 1.88 bits per heavy atom. The van der Waals surface area contributed by atoms with Crippen LogP contribution < -0.4 is 5.73 Å². The predicted octanol–water partition coefficient (Wildman–Crippen LogP) is 1.36. The molecule has 3 N–H and O–H groups in total. The zero-order chi connectivity index (χ0) is 13.6. The summed E-state index contributed by atoms with van der Waals surface area (Å²) in [4.78, 5) is 0. The average Bonchev–Trinajstić information content (AvgIpc) is 2.07. The van der Waals surface area contributed by atoms with Crippen LogP contribution >= 0.6 is 0 Å². The van der Waals surface area contributed by atoms with Crippen molar-refractivity contribution >= 4 is 10.1 Å². The van der Waals surface area contributed by atoms with E-state index in [1.807, 2.05) is 0 Å². The zero-order valence-electron chi connectivity index (χ0n) is 9.52. The minimum atomic E-state index is -3.67. The van der Waals surface area contributed by atoms with E-state index in [0.29, 0.717) is 18.2 Å². The third kappa shape index (κ3) is 9.86. The van der Waals surface area contributed by atoms with Gasteiger partial charge in [-0.05, 0) is 37.1 Å². The van der Waals surface area contributed by atoms with Crippen LogP contribution in [-0.2, 0) is 16.5 Å². The first kappa shape index (κ1) is 16.0. The van der Waals surface area contributed by atoms with Gasteiger partial charge < -0.3 is 5.73 Å². The van der Waals surface area contributed by atoms with E-state index >= 15 is 0 Å². The molecule has 1 atom stereocenters. The number of hydrogen-bond donors (Lipinski definition) is 2. The number of halogens is 2. The quantitative estimate of drug-likeness (QED) is 0.793. The molecule has 0 aliphatic carbocycles. The summed E-state index contributed by atoms with van der Waals surface area (Å²) in [6.45, 7) is 1.75.